The van der Waals surface area contributed by atoms with Crippen molar-refractivity contribution in [2.75, 3.05) is 13.1 Å². The molecule has 1 fully saturated rings. The molecule has 2 heterocycles. The number of amides is 1. The predicted octanol–water partition coefficient (Wildman–Crippen LogP) is 0.375. The van der Waals surface area contributed by atoms with Crippen LogP contribution in [0.15, 0.2) is 6.20 Å². The van der Waals surface area contributed by atoms with Crippen LogP contribution in [0.5, 0.6) is 0 Å². The van der Waals surface area contributed by atoms with Crippen LogP contribution in [-0.2, 0) is 16.6 Å². The number of likely N-dealkylation sites (tertiary alicyclic amines) is 1. The van der Waals surface area contributed by atoms with Gasteiger partial charge in [-0.1, -0.05) is 0 Å². The minimum absolute atomic E-state index is 0.0784. The Morgan fingerprint density at radius 2 is 2.11 bits per heavy atom. The highest BCUT2D eigenvalue weighted by molar-refractivity contribution is 5.78. The van der Waals surface area contributed by atoms with Gasteiger partial charge in [0, 0.05) is 38.7 Å². The van der Waals surface area contributed by atoms with Crippen LogP contribution >= 0.6 is 0 Å². The topological polar surface area (TPSA) is 75.4 Å². The van der Waals surface area contributed by atoms with Crippen molar-refractivity contribution in [2.24, 2.45) is 13.0 Å². The summed E-state index contributed by atoms with van der Waals surface area (Å²) in [5, 5.41) is 13.4. The Kier molecular flexibility index (Phi) is 3.11. The van der Waals surface area contributed by atoms with Gasteiger partial charge in [0.2, 0.25) is 5.91 Å². The lowest BCUT2D eigenvalue weighted by Gasteiger charge is -2.14. The predicted molar refractivity (Wildman–Crippen MR) is 64.1 cm³/mol. The minimum atomic E-state index is -0.855. The first-order chi connectivity index (χ1) is 8.41. The third-order valence-corrected chi connectivity index (χ3v) is 3.76. The van der Waals surface area contributed by atoms with Crippen LogP contribution in [0.3, 0.4) is 0 Å². The standard InChI is InChI=1S/C12H17N3O3/c1-7-9(4-13-14(7)3)10-5-15(8(2)16)6-11(10)12(17)18/h4,10-11H,5-6H2,1-3H3,(H,17,18)/t10-,11+/m1/s1. The second kappa shape index (κ2) is 4.44. The number of carboxylic acids is 1. The fraction of sp³-hybridized carbons (Fsp3) is 0.583. The molecule has 98 valence electrons. The Hall–Kier alpha value is -1.85. The molecule has 0 aromatic carbocycles. The molecule has 6 nitrogen and oxygen atoms in total. The first-order valence-electron chi connectivity index (χ1n) is 5.88. The third kappa shape index (κ3) is 1.98. The van der Waals surface area contributed by atoms with Gasteiger partial charge in [-0.2, -0.15) is 5.10 Å². The molecule has 1 amide bonds. The number of hydrogen-bond donors (Lipinski definition) is 1. The van der Waals surface area contributed by atoms with Gasteiger partial charge in [0.05, 0.1) is 12.1 Å². The molecule has 1 aromatic heterocycles. The summed E-state index contributed by atoms with van der Waals surface area (Å²) in [6.07, 6.45) is 1.71. The number of rotatable bonds is 2. The van der Waals surface area contributed by atoms with E-state index in [1.54, 1.807) is 15.8 Å². The van der Waals surface area contributed by atoms with E-state index in [1.165, 1.54) is 6.92 Å². The van der Waals surface area contributed by atoms with Crippen LogP contribution in [0.4, 0.5) is 0 Å². The largest absolute Gasteiger partial charge is 0.481 e. The molecule has 1 aliphatic heterocycles. The SMILES string of the molecule is CC(=O)N1C[C@H](C(=O)O)[C@@H](c2cnn(C)c2C)C1. The van der Waals surface area contributed by atoms with Crippen LogP contribution in [0.25, 0.3) is 0 Å². The number of carbonyl (C=O) groups is 2. The number of nitrogens with zero attached hydrogens (tertiary/aromatic N) is 3. The van der Waals surface area contributed by atoms with Gasteiger partial charge in [-0.25, -0.2) is 0 Å². The van der Waals surface area contributed by atoms with Gasteiger partial charge in [0.25, 0.3) is 0 Å². The van der Waals surface area contributed by atoms with Gasteiger partial charge in [0.1, 0.15) is 0 Å². The van der Waals surface area contributed by atoms with Crippen LogP contribution in [0.1, 0.15) is 24.1 Å². The van der Waals surface area contributed by atoms with Crippen molar-refractivity contribution in [3.8, 4) is 0 Å². The van der Waals surface area contributed by atoms with Gasteiger partial charge in [-0.15, -0.1) is 0 Å². The second-order valence-corrected chi connectivity index (χ2v) is 4.78. The molecular formula is C12H17N3O3. The van der Waals surface area contributed by atoms with Crippen LogP contribution in [-0.4, -0.2) is 44.8 Å². The smallest absolute Gasteiger partial charge is 0.308 e. The Bertz CT molecular complexity index is 495. The van der Waals surface area contributed by atoms with Crippen molar-refractivity contribution in [1.29, 1.82) is 0 Å². The summed E-state index contributed by atoms with van der Waals surface area (Å²) in [4.78, 5) is 24.3. The fourth-order valence-corrected chi connectivity index (χ4v) is 2.51. The van der Waals surface area contributed by atoms with Crippen molar-refractivity contribution in [3.05, 3.63) is 17.5 Å². The summed E-state index contributed by atoms with van der Waals surface area (Å²) in [5.74, 6) is -1.64. The molecule has 0 radical (unpaired) electrons. The monoisotopic (exact) mass is 251 g/mol. The molecule has 2 atom stereocenters. The minimum Gasteiger partial charge on any atom is -0.481 e. The highest BCUT2D eigenvalue weighted by Gasteiger charge is 2.40. The quantitative estimate of drug-likeness (QED) is 0.824. The highest BCUT2D eigenvalue weighted by atomic mass is 16.4. The zero-order chi connectivity index (χ0) is 13.4. The van der Waals surface area contributed by atoms with Gasteiger partial charge in [-0.3, -0.25) is 14.3 Å². The number of carboxylic acid groups (broad SMARTS) is 1. The number of aliphatic carboxylic acids is 1. The molecule has 18 heavy (non-hydrogen) atoms. The van der Waals surface area contributed by atoms with Crippen LogP contribution in [0.2, 0.25) is 0 Å². The zero-order valence-electron chi connectivity index (χ0n) is 10.8. The molecular weight excluding hydrogens is 234 g/mol. The molecule has 6 heteroatoms. The van der Waals surface area contributed by atoms with E-state index in [2.05, 4.69) is 5.10 Å². The molecule has 1 N–H and O–H groups in total. The molecule has 0 saturated carbocycles. The van der Waals surface area contributed by atoms with Crippen LogP contribution < -0.4 is 0 Å². The summed E-state index contributed by atoms with van der Waals surface area (Å²) in [5.41, 5.74) is 1.88. The summed E-state index contributed by atoms with van der Waals surface area (Å²) in [7, 11) is 1.83. The highest BCUT2D eigenvalue weighted by Crippen LogP contribution is 2.34. The van der Waals surface area contributed by atoms with E-state index in [-0.39, 0.29) is 18.4 Å². The average Bonchev–Trinajstić information content (AvgIpc) is 2.85. The van der Waals surface area contributed by atoms with E-state index in [1.807, 2.05) is 14.0 Å². The normalized spacial score (nSPS) is 23.4. The Balaban J connectivity index is 2.33. The maximum absolute atomic E-state index is 11.4. The van der Waals surface area contributed by atoms with E-state index < -0.39 is 11.9 Å². The first-order valence-corrected chi connectivity index (χ1v) is 5.88. The lowest BCUT2D eigenvalue weighted by atomic mass is 9.89. The van der Waals surface area contributed by atoms with Crippen molar-refractivity contribution in [2.45, 2.75) is 19.8 Å². The van der Waals surface area contributed by atoms with Crippen molar-refractivity contribution >= 4 is 11.9 Å². The Labute approximate surface area is 105 Å². The van der Waals surface area contributed by atoms with E-state index in [0.717, 1.165) is 11.3 Å². The second-order valence-electron chi connectivity index (χ2n) is 4.78. The Morgan fingerprint density at radius 1 is 1.44 bits per heavy atom. The van der Waals surface area contributed by atoms with Crippen molar-refractivity contribution < 1.29 is 14.7 Å². The third-order valence-electron chi connectivity index (χ3n) is 3.76. The molecule has 1 aliphatic rings. The Morgan fingerprint density at radius 3 is 2.56 bits per heavy atom. The summed E-state index contributed by atoms with van der Waals surface area (Å²) >= 11 is 0. The van der Waals surface area contributed by atoms with Crippen molar-refractivity contribution in [3.63, 3.8) is 0 Å². The molecule has 0 unspecified atom stereocenters. The number of hydrogen-bond acceptors (Lipinski definition) is 3. The summed E-state index contributed by atoms with van der Waals surface area (Å²) in [6.45, 7) is 4.12. The van der Waals surface area contributed by atoms with Crippen molar-refractivity contribution in [1.82, 2.24) is 14.7 Å². The molecule has 2 rings (SSSR count). The van der Waals surface area contributed by atoms with Crippen LogP contribution in [0, 0.1) is 12.8 Å². The number of aromatic nitrogens is 2. The molecule has 0 aliphatic carbocycles. The van der Waals surface area contributed by atoms with E-state index >= 15 is 0 Å². The van der Waals surface area contributed by atoms with E-state index in [0.29, 0.717) is 6.54 Å². The molecule has 0 spiro atoms. The first kappa shape index (κ1) is 12.6. The van der Waals surface area contributed by atoms with Gasteiger partial charge < -0.3 is 10.0 Å². The molecule has 1 aromatic rings. The number of aryl methyl sites for hydroxylation is 1. The average molecular weight is 251 g/mol. The maximum atomic E-state index is 11.4. The lowest BCUT2D eigenvalue weighted by Crippen LogP contribution is -2.27. The zero-order valence-corrected chi connectivity index (χ0v) is 10.8. The lowest BCUT2D eigenvalue weighted by molar-refractivity contribution is -0.141. The van der Waals surface area contributed by atoms with Gasteiger partial charge in [-0.05, 0) is 12.5 Å². The van der Waals surface area contributed by atoms with E-state index in [9.17, 15) is 14.7 Å². The summed E-state index contributed by atoms with van der Waals surface area (Å²) in [6, 6.07) is 0. The molecule has 1 saturated heterocycles. The number of carbonyl (C=O) groups excluding carboxylic acids is 1. The summed E-state index contributed by atoms with van der Waals surface area (Å²) < 4.78 is 1.73. The van der Waals surface area contributed by atoms with Gasteiger partial charge in [0.15, 0.2) is 0 Å². The maximum Gasteiger partial charge on any atom is 0.308 e. The van der Waals surface area contributed by atoms with E-state index in [4.69, 9.17) is 0 Å². The van der Waals surface area contributed by atoms with Gasteiger partial charge >= 0.3 is 5.97 Å². The molecule has 0 bridgehead atoms. The fourth-order valence-electron chi connectivity index (χ4n) is 2.51.